The zero-order valence-corrected chi connectivity index (χ0v) is 17.8. The lowest BCUT2D eigenvalue weighted by Gasteiger charge is -2.17. The minimum atomic E-state index is -3.66. The van der Waals surface area contributed by atoms with Crippen molar-refractivity contribution in [1.82, 2.24) is 0 Å². The van der Waals surface area contributed by atoms with Crippen molar-refractivity contribution in [3.05, 3.63) is 59.7 Å². The van der Waals surface area contributed by atoms with Gasteiger partial charge in [0.05, 0.1) is 34.3 Å². The molecule has 1 saturated carbocycles. The number of thiocarbonyl (C=S) groups is 1. The molecule has 7 heteroatoms. The SMILES string of the molecule is CCOC[C@@]1(C(N)=S)[C@H](S(=O)(=O)c2ccc(C)cc2)[C@@H]1c1ccc(OC)cc1. The molecule has 150 valence electrons. The molecule has 0 amide bonds. The van der Waals surface area contributed by atoms with E-state index in [2.05, 4.69) is 0 Å². The van der Waals surface area contributed by atoms with Gasteiger partial charge in [-0.2, -0.15) is 0 Å². The molecule has 2 aromatic carbocycles. The van der Waals surface area contributed by atoms with E-state index in [9.17, 15) is 8.42 Å². The quantitative estimate of drug-likeness (QED) is 0.662. The van der Waals surface area contributed by atoms with Crippen molar-refractivity contribution >= 4 is 27.0 Å². The molecule has 2 aromatic rings. The van der Waals surface area contributed by atoms with Crippen LogP contribution in [-0.2, 0) is 14.6 Å². The lowest BCUT2D eigenvalue weighted by atomic mass is 10.00. The van der Waals surface area contributed by atoms with E-state index in [1.54, 1.807) is 31.4 Å². The molecule has 0 saturated heterocycles. The molecule has 1 fully saturated rings. The van der Waals surface area contributed by atoms with Gasteiger partial charge in [-0.25, -0.2) is 8.42 Å². The Morgan fingerprint density at radius 3 is 2.25 bits per heavy atom. The minimum absolute atomic E-state index is 0.169. The van der Waals surface area contributed by atoms with Gasteiger partial charge in [-0.3, -0.25) is 0 Å². The van der Waals surface area contributed by atoms with Crippen molar-refractivity contribution in [3.8, 4) is 5.75 Å². The van der Waals surface area contributed by atoms with Crippen LogP contribution in [0.25, 0.3) is 0 Å². The number of ether oxygens (including phenoxy) is 2. The molecule has 28 heavy (non-hydrogen) atoms. The van der Waals surface area contributed by atoms with Gasteiger partial charge in [0.25, 0.3) is 0 Å². The number of methoxy groups -OCH3 is 1. The first-order valence-corrected chi connectivity index (χ1v) is 11.1. The normalized spacial score (nSPS) is 24.0. The highest BCUT2D eigenvalue weighted by atomic mass is 32.2. The molecule has 1 aliphatic rings. The van der Waals surface area contributed by atoms with Gasteiger partial charge in [0, 0.05) is 12.5 Å². The fraction of sp³-hybridized carbons (Fsp3) is 0.381. The fourth-order valence-corrected chi connectivity index (χ4v) is 6.60. The summed E-state index contributed by atoms with van der Waals surface area (Å²) < 4.78 is 37.9. The first kappa shape index (κ1) is 20.8. The van der Waals surface area contributed by atoms with Crippen LogP contribution in [0.4, 0.5) is 0 Å². The summed E-state index contributed by atoms with van der Waals surface area (Å²) in [5.41, 5.74) is 7.03. The summed E-state index contributed by atoms with van der Waals surface area (Å²) >= 11 is 5.36. The molecule has 0 spiro atoms. The first-order valence-electron chi connectivity index (χ1n) is 9.11. The molecule has 0 unspecified atom stereocenters. The molecule has 3 rings (SSSR count). The Morgan fingerprint density at radius 1 is 1.14 bits per heavy atom. The standard InChI is InChI=1S/C21H25NO4S2/c1-4-26-13-21(20(22)27)18(15-7-9-16(25-3)10-8-15)19(21)28(23,24)17-11-5-14(2)6-12-17/h5-12,18-19H,4,13H2,1-3H3,(H2,22,27)/t18-,19+,21-/m0/s1. The number of hydrogen-bond acceptors (Lipinski definition) is 5. The summed E-state index contributed by atoms with van der Waals surface area (Å²) in [5, 5.41) is -0.764. The van der Waals surface area contributed by atoms with Crippen molar-refractivity contribution in [2.24, 2.45) is 11.1 Å². The van der Waals surface area contributed by atoms with E-state index in [0.717, 1.165) is 11.1 Å². The molecule has 5 nitrogen and oxygen atoms in total. The third kappa shape index (κ3) is 3.43. The van der Waals surface area contributed by atoms with E-state index < -0.39 is 20.5 Å². The van der Waals surface area contributed by atoms with Gasteiger partial charge in [0.2, 0.25) is 0 Å². The Bertz CT molecular complexity index is 955. The van der Waals surface area contributed by atoms with E-state index in [4.69, 9.17) is 27.4 Å². The second-order valence-electron chi connectivity index (χ2n) is 7.07. The van der Waals surface area contributed by atoms with Crippen LogP contribution in [0.2, 0.25) is 0 Å². The number of hydrogen-bond donors (Lipinski definition) is 1. The summed E-state index contributed by atoms with van der Waals surface area (Å²) in [6, 6.07) is 14.2. The summed E-state index contributed by atoms with van der Waals surface area (Å²) in [7, 11) is -2.07. The van der Waals surface area contributed by atoms with Crippen molar-refractivity contribution in [2.75, 3.05) is 20.3 Å². The summed E-state index contributed by atoms with van der Waals surface area (Å²) in [6.45, 7) is 4.41. The highest BCUT2D eigenvalue weighted by Crippen LogP contribution is 2.64. The molecule has 2 N–H and O–H groups in total. The Hall–Kier alpha value is -1.96. The Morgan fingerprint density at radius 2 is 1.75 bits per heavy atom. The van der Waals surface area contributed by atoms with E-state index in [-0.39, 0.29) is 22.4 Å². The average molecular weight is 420 g/mol. The Labute approximate surface area is 171 Å². The van der Waals surface area contributed by atoms with Crippen LogP contribution in [0.1, 0.15) is 24.0 Å². The maximum atomic E-state index is 13.5. The van der Waals surface area contributed by atoms with E-state index in [1.165, 1.54) is 0 Å². The predicted octanol–water partition coefficient (Wildman–Crippen LogP) is 3.25. The number of benzene rings is 2. The summed E-state index contributed by atoms with van der Waals surface area (Å²) in [5.74, 6) is 0.335. The van der Waals surface area contributed by atoms with Gasteiger partial charge in [-0.05, 0) is 43.7 Å². The van der Waals surface area contributed by atoms with E-state index >= 15 is 0 Å². The highest BCUT2D eigenvalue weighted by molar-refractivity contribution is 7.92. The minimum Gasteiger partial charge on any atom is -0.497 e. The van der Waals surface area contributed by atoms with Crippen molar-refractivity contribution in [2.45, 2.75) is 29.9 Å². The predicted molar refractivity (Wildman–Crippen MR) is 114 cm³/mol. The van der Waals surface area contributed by atoms with Crippen LogP contribution in [-0.4, -0.2) is 39.0 Å². The van der Waals surface area contributed by atoms with Crippen molar-refractivity contribution in [1.29, 1.82) is 0 Å². The molecule has 0 aliphatic heterocycles. The molecule has 1 aliphatic carbocycles. The lowest BCUT2D eigenvalue weighted by molar-refractivity contribution is 0.121. The molecule has 3 atom stereocenters. The monoisotopic (exact) mass is 419 g/mol. The van der Waals surface area contributed by atoms with Crippen LogP contribution in [0.5, 0.6) is 5.75 Å². The Balaban J connectivity index is 2.08. The van der Waals surface area contributed by atoms with Crippen LogP contribution < -0.4 is 10.5 Å². The third-order valence-corrected chi connectivity index (χ3v) is 8.09. The second kappa shape index (κ2) is 7.81. The zero-order chi connectivity index (χ0) is 20.5. The van der Waals surface area contributed by atoms with Gasteiger partial charge >= 0.3 is 0 Å². The fourth-order valence-electron chi connectivity index (χ4n) is 3.83. The van der Waals surface area contributed by atoms with Crippen LogP contribution in [0.3, 0.4) is 0 Å². The maximum absolute atomic E-state index is 13.5. The average Bonchev–Trinajstić information content (AvgIpc) is 3.38. The van der Waals surface area contributed by atoms with Crippen LogP contribution in [0.15, 0.2) is 53.4 Å². The van der Waals surface area contributed by atoms with E-state index in [0.29, 0.717) is 12.4 Å². The van der Waals surface area contributed by atoms with Gasteiger partial charge in [0.15, 0.2) is 9.84 Å². The van der Waals surface area contributed by atoms with Crippen molar-refractivity contribution < 1.29 is 17.9 Å². The largest absolute Gasteiger partial charge is 0.497 e. The number of rotatable bonds is 8. The second-order valence-corrected chi connectivity index (χ2v) is 9.58. The van der Waals surface area contributed by atoms with Gasteiger partial charge in [-0.1, -0.05) is 42.0 Å². The van der Waals surface area contributed by atoms with Gasteiger partial charge in [-0.15, -0.1) is 0 Å². The molecule has 0 radical (unpaired) electrons. The highest BCUT2D eigenvalue weighted by Gasteiger charge is 2.73. The maximum Gasteiger partial charge on any atom is 0.182 e. The van der Waals surface area contributed by atoms with E-state index in [1.807, 2.05) is 38.1 Å². The van der Waals surface area contributed by atoms with Crippen molar-refractivity contribution in [3.63, 3.8) is 0 Å². The molecule has 0 aromatic heterocycles. The number of sulfone groups is 1. The molecule has 0 heterocycles. The van der Waals surface area contributed by atoms with Gasteiger partial charge < -0.3 is 15.2 Å². The zero-order valence-electron chi connectivity index (χ0n) is 16.2. The molecule has 0 bridgehead atoms. The number of aryl methyl sites for hydroxylation is 1. The van der Waals surface area contributed by atoms with Crippen LogP contribution in [0, 0.1) is 12.3 Å². The van der Waals surface area contributed by atoms with Crippen LogP contribution >= 0.6 is 12.2 Å². The first-order chi connectivity index (χ1) is 13.3. The topological polar surface area (TPSA) is 78.6 Å². The molecular formula is C21H25NO4S2. The summed E-state index contributed by atoms with van der Waals surface area (Å²) in [6.07, 6.45) is 0. The lowest BCUT2D eigenvalue weighted by Crippen LogP contribution is -2.33. The number of nitrogens with two attached hydrogens (primary N) is 1. The smallest absolute Gasteiger partial charge is 0.182 e. The molecular weight excluding hydrogens is 394 g/mol. The third-order valence-electron chi connectivity index (χ3n) is 5.42. The Kier molecular flexibility index (Phi) is 5.79. The van der Waals surface area contributed by atoms with Gasteiger partial charge in [0.1, 0.15) is 5.75 Å². The summed E-state index contributed by atoms with van der Waals surface area (Å²) in [4.78, 5) is 0.443.